The van der Waals surface area contributed by atoms with E-state index in [4.69, 9.17) is 0 Å². The molecule has 130 valence electrons. The van der Waals surface area contributed by atoms with Gasteiger partial charge in [-0.1, -0.05) is 6.07 Å². The lowest BCUT2D eigenvalue weighted by atomic mass is 10.1. The maximum Gasteiger partial charge on any atom is 0.277 e. The van der Waals surface area contributed by atoms with Gasteiger partial charge in [0, 0.05) is 36.4 Å². The summed E-state index contributed by atoms with van der Waals surface area (Å²) in [5, 5.41) is 5.05. The van der Waals surface area contributed by atoms with Gasteiger partial charge in [-0.15, -0.1) is 11.3 Å². The molecule has 2 heterocycles. The summed E-state index contributed by atoms with van der Waals surface area (Å²) in [6, 6.07) is 11.6. The van der Waals surface area contributed by atoms with Crippen molar-refractivity contribution in [3.63, 3.8) is 0 Å². The van der Waals surface area contributed by atoms with Gasteiger partial charge in [0.2, 0.25) is 0 Å². The molecule has 0 bridgehead atoms. The Morgan fingerprint density at radius 1 is 1.04 bits per heavy atom. The second kappa shape index (κ2) is 7.11. The van der Waals surface area contributed by atoms with Crippen LogP contribution in [0.25, 0.3) is 5.57 Å². The molecule has 0 saturated carbocycles. The molecule has 0 unspecified atom stereocenters. The number of thiophene rings is 1. The first-order chi connectivity index (χ1) is 12.1. The monoisotopic (exact) mass is 355 g/mol. The molecule has 0 atom stereocenters. The number of hydrogen-bond donors (Lipinski definition) is 1. The van der Waals surface area contributed by atoms with Crippen LogP contribution < -0.4 is 10.2 Å². The fraction of sp³-hybridized carbons (Fsp3) is 0.263. The van der Waals surface area contributed by atoms with Crippen LogP contribution in [0.5, 0.6) is 0 Å². The van der Waals surface area contributed by atoms with Crippen LogP contribution >= 0.6 is 11.3 Å². The number of likely N-dealkylation sites (N-methyl/N-ethyl adjacent to an activating group) is 1. The molecule has 1 aliphatic rings. The minimum atomic E-state index is -0.304. The van der Waals surface area contributed by atoms with Crippen LogP contribution in [0.1, 0.15) is 18.7 Å². The average molecular weight is 355 g/mol. The zero-order valence-corrected chi connectivity index (χ0v) is 15.4. The first-order valence-electron chi connectivity index (χ1n) is 8.29. The highest BCUT2D eigenvalue weighted by Gasteiger charge is 2.37. The summed E-state index contributed by atoms with van der Waals surface area (Å²) in [5.74, 6) is -0.573. The molecule has 0 fully saturated rings. The van der Waals surface area contributed by atoms with E-state index in [9.17, 15) is 9.59 Å². The quantitative estimate of drug-likeness (QED) is 0.807. The summed E-state index contributed by atoms with van der Waals surface area (Å²) in [6.45, 7) is 6.11. The molecule has 1 aliphatic heterocycles. The van der Waals surface area contributed by atoms with Crippen molar-refractivity contribution in [2.45, 2.75) is 13.8 Å². The van der Waals surface area contributed by atoms with Crippen LogP contribution in [0.3, 0.4) is 0 Å². The molecule has 3 rings (SSSR count). The molecule has 6 heteroatoms. The number of hydrogen-bond acceptors (Lipinski definition) is 5. The van der Waals surface area contributed by atoms with Crippen molar-refractivity contribution in [2.24, 2.45) is 0 Å². The second-order valence-electron chi connectivity index (χ2n) is 5.74. The predicted molar refractivity (Wildman–Crippen MR) is 103 cm³/mol. The summed E-state index contributed by atoms with van der Waals surface area (Å²) in [5.41, 5.74) is 2.70. The van der Waals surface area contributed by atoms with Gasteiger partial charge in [0.15, 0.2) is 0 Å². The summed E-state index contributed by atoms with van der Waals surface area (Å²) in [6.07, 6.45) is 0. The van der Waals surface area contributed by atoms with E-state index in [-0.39, 0.29) is 11.8 Å². The van der Waals surface area contributed by atoms with E-state index in [2.05, 4.69) is 24.1 Å². The molecule has 2 amide bonds. The van der Waals surface area contributed by atoms with Gasteiger partial charge in [-0.3, -0.25) is 14.5 Å². The zero-order chi connectivity index (χ0) is 18.0. The smallest absolute Gasteiger partial charge is 0.277 e. The van der Waals surface area contributed by atoms with Gasteiger partial charge in [-0.2, -0.15) is 0 Å². The molecule has 0 saturated heterocycles. The lowest BCUT2D eigenvalue weighted by molar-refractivity contribution is -0.135. The molecule has 25 heavy (non-hydrogen) atoms. The van der Waals surface area contributed by atoms with Crippen LogP contribution in [0.15, 0.2) is 47.5 Å². The number of nitrogens with zero attached hydrogens (tertiary/aromatic N) is 2. The first-order valence-corrected chi connectivity index (χ1v) is 9.17. The summed E-state index contributed by atoms with van der Waals surface area (Å²) in [4.78, 5) is 29.1. The third-order valence-electron chi connectivity index (χ3n) is 4.32. The first kappa shape index (κ1) is 17.2. The molecule has 5 nitrogen and oxygen atoms in total. The Balaban J connectivity index is 1.92. The largest absolute Gasteiger partial charge is 0.372 e. The van der Waals surface area contributed by atoms with Gasteiger partial charge in [-0.25, -0.2) is 0 Å². The maximum absolute atomic E-state index is 12.5. The normalized spacial score (nSPS) is 14.4. The van der Waals surface area contributed by atoms with E-state index in [1.807, 2.05) is 41.8 Å². The topological polar surface area (TPSA) is 52.7 Å². The van der Waals surface area contributed by atoms with Gasteiger partial charge in [0.25, 0.3) is 11.8 Å². The highest BCUT2D eigenvalue weighted by atomic mass is 32.1. The van der Waals surface area contributed by atoms with E-state index in [1.54, 1.807) is 0 Å². The average Bonchev–Trinajstić information content (AvgIpc) is 3.22. The van der Waals surface area contributed by atoms with E-state index in [1.165, 1.54) is 18.4 Å². The van der Waals surface area contributed by atoms with Crippen LogP contribution in [0.4, 0.5) is 11.4 Å². The Morgan fingerprint density at radius 3 is 2.28 bits per heavy atom. The fourth-order valence-electron chi connectivity index (χ4n) is 2.90. The van der Waals surface area contributed by atoms with Crippen molar-refractivity contribution in [3.8, 4) is 0 Å². The lowest BCUT2D eigenvalue weighted by Crippen LogP contribution is -2.27. The Bertz CT molecular complexity index is 806. The Morgan fingerprint density at radius 2 is 1.72 bits per heavy atom. The molecule has 1 N–H and O–H groups in total. The van der Waals surface area contributed by atoms with E-state index >= 15 is 0 Å². The number of anilines is 2. The Labute approximate surface area is 151 Å². The number of amides is 2. The van der Waals surface area contributed by atoms with E-state index < -0.39 is 0 Å². The molecule has 0 spiro atoms. The molecule has 1 aromatic heterocycles. The highest BCUT2D eigenvalue weighted by molar-refractivity contribution is 7.11. The number of imide groups is 1. The Hall–Kier alpha value is -2.60. The van der Waals surface area contributed by atoms with E-state index in [0.29, 0.717) is 11.3 Å². The van der Waals surface area contributed by atoms with Crippen LogP contribution in [0.2, 0.25) is 0 Å². The van der Waals surface area contributed by atoms with Crippen LogP contribution in [-0.4, -0.2) is 36.9 Å². The summed E-state index contributed by atoms with van der Waals surface area (Å²) in [7, 11) is 1.51. The minimum Gasteiger partial charge on any atom is -0.372 e. The zero-order valence-electron chi connectivity index (χ0n) is 14.6. The van der Waals surface area contributed by atoms with Crippen molar-refractivity contribution < 1.29 is 9.59 Å². The minimum absolute atomic E-state index is 0.269. The van der Waals surface area contributed by atoms with Gasteiger partial charge >= 0.3 is 0 Å². The van der Waals surface area contributed by atoms with Crippen molar-refractivity contribution in [1.29, 1.82) is 0 Å². The predicted octanol–water partition coefficient (Wildman–Crippen LogP) is 3.42. The molecule has 0 aliphatic carbocycles. The molecule has 2 aromatic rings. The van der Waals surface area contributed by atoms with Crippen molar-refractivity contribution in [2.75, 3.05) is 30.4 Å². The third-order valence-corrected chi connectivity index (χ3v) is 5.21. The SMILES string of the molecule is CCN(CC)c1ccc(NC2=C(c3cccs3)C(=O)N(C)C2=O)cc1. The standard InChI is InChI=1S/C19H21N3O2S/c1-4-22(5-2)14-10-8-13(9-11-14)20-17-16(15-7-6-12-25-15)18(23)21(3)19(17)24/h6-12,20H,4-5H2,1-3H3. The molecular weight excluding hydrogens is 334 g/mol. The molecule has 1 aromatic carbocycles. The number of carbonyl (C=O) groups excluding carboxylic acids is 2. The van der Waals surface area contributed by atoms with Gasteiger partial charge in [0.05, 0.1) is 5.57 Å². The number of carbonyl (C=O) groups is 2. The Kier molecular flexibility index (Phi) is 4.90. The summed E-state index contributed by atoms with van der Waals surface area (Å²) >= 11 is 1.45. The van der Waals surface area contributed by atoms with Gasteiger partial charge in [-0.05, 0) is 49.6 Å². The lowest BCUT2D eigenvalue weighted by Gasteiger charge is -2.21. The van der Waals surface area contributed by atoms with Crippen molar-refractivity contribution >= 4 is 40.1 Å². The van der Waals surface area contributed by atoms with E-state index in [0.717, 1.165) is 34.2 Å². The highest BCUT2D eigenvalue weighted by Crippen LogP contribution is 2.32. The second-order valence-corrected chi connectivity index (χ2v) is 6.69. The van der Waals surface area contributed by atoms with Gasteiger partial charge in [0.1, 0.15) is 5.70 Å². The van der Waals surface area contributed by atoms with Gasteiger partial charge < -0.3 is 10.2 Å². The van der Waals surface area contributed by atoms with Crippen molar-refractivity contribution in [1.82, 2.24) is 4.90 Å². The number of rotatable bonds is 6. The number of nitrogens with one attached hydrogen (secondary N) is 1. The molecular formula is C19H21N3O2S. The number of benzene rings is 1. The summed E-state index contributed by atoms with van der Waals surface area (Å²) < 4.78 is 0. The third kappa shape index (κ3) is 3.17. The van der Waals surface area contributed by atoms with Crippen LogP contribution in [-0.2, 0) is 9.59 Å². The maximum atomic E-state index is 12.5. The van der Waals surface area contributed by atoms with Crippen molar-refractivity contribution in [3.05, 3.63) is 52.4 Å². The molecule has 0 radical (unpaired) electrons. The van der Waals surface area contributed by atoms with Crippen LogP contribution in [0, 0.1) is 0 Å². The fourth-order valence-corrected chi connectivity index (χ4v) is 3.66.